The molecule has 1 unspecified atom stereocenters. The summed E-state index contributed by atoms with van der Waals surface area (Å²) in [5, 5.41) is 4.17. The minimum absolute atomic E-state index is 0. The maximum atomic E-state index is 12.6. The monoisotopic (exact) mass is 519 g/mol. The zero-order valence-corrected chi connectivity index (χ0v) is 19.8. The number of carbonyl (C=O) groups excluding carboxylic acids is 1. The third-order valence-corrected chi connectivity index (χ3v) is 5.91. The highest BCUT2D eigenvalue weighted by Gasteiger charge is 2.30. The van der Waals surface area contributed by atoms with Gasteiger partial charge in [0.25, 0.3) is 0 Å². The summed E-state index contributed by atoms with van der Waals surface area (Å²) in [6.07, 6.45) is 2.28. The van der Waals surface area contributed by atoms with Crippen molar-refractivity contribution in [3.05, 3.63) is 34.9 Å². The number of benzene rings is 1. The zero-order chi connectivity index (χ0) is 19.2. The van der Waals surface area contributed by atoms with Crippen molar-refractivity contribution in [1.29, 1.82) is 0 Å². The van der Waals surface area contributed by atoms with Crippen LogP contribution in [-0.4, -0.2) is 78.9 Å². The second-order valence-electron chi connectivity index (χ2n) is 7.22. The van der Waals surface area contributed by atoms with Gasteiger partial charge < -0.3 is 15.1 Å². The fraction of sp³-hybridized carbons (Fsp3) is 0.600. The van der Waals surface area contributed by atoms with E-state index in [1.54, 1.807) is 7.05 Å². The van der Waals surface area contributed by atoms with Crippen LogP contribution in [0, 0.1) is 0 Å². The van der Waals surface area contributed by atoms with Crippen LogP contribution in [0.5, 0.6) is 0 Å². The van der Waals surface area contributed by atoms with Crippen LogP contribution in [0.2, 0.25) is 5.02 Å². The molecule has 2 aliphatic rings. The molecule has 1 atom stereocenters. The van der Waals surface area contributed by atoms with E-state index in [4.69, 9.17) is 11.6 Å². The molecule has 0 aliphatic carbocycles. The molecule has 1 aromatic carbocycles. The second-order valence-corrected chi connectivity index (χ2v) is 7.63. The van der Waals surface area contributed by atoms with Gasteiger partial charge >= 0.3 is 0 Å². The molecule has 1 N–H and O–H groups in total. The van der Waals surface area contributed by atoms with Crippen molar-refractivity contribution >= 4 is 47.4 Å². The third-order valence-electron chi connectivity index (χ3n) is 5.54. The highest BCUT2D eigenvalue weighted by molar-refractivity contribution is 14.0. The van der Waals surface area contributed by atoms with Crippen molar-refractivity contribution < 1.29 is 4.79 Å². The normalized spacial score (nSPS) is 19.3. The predicted octanol–water partition coefficient (Wildman–Crippen LogP) is 2.66. The Bertz CT molecular complexity index is 672. The number of hydrogen-bond donors (Lipinski definition) is 1. The van der Waals surface area contributed by atoms with Crippen LogP contribution < -0.4 is 5.32 Å². The van der Waals surface area contributed by atoms with Crippen LogP contribution in [0.1, 0.15) is 25.3 Å². The van der Waals surface area contributed by atoms with Gasteiger partial charge in [-0.25, -0.2) is 0 Å². The van der Waals surface area contributed by atoms with Gasteiger partial charge in [-0.05, 0) is 31.4 Å². The molecule has 8 heteroatoms. The van der Waals surface area contributed by atoms with E-state index >= 15 is 0 Å². The molecule has 6 nitrogen and oxygen atoms in total. The lowest BCUT2D eigenvalue weighted by molar-refractivity contribution is -0.135. The van der Waals surface area contributed by atoms with Gasteiger partial charge in [-0.3, -0.25) is 14.7 Å². The Morgan fingerprint density at radius 2 is 1.75 bits per heavy atom. The van der Waals surface area contributed by atoms with Gasteiger partial charge in [0, 0.05) is 57.9 Å². The van der Waals surface area contributed by atoms with Gasteiger partial charge in [0.05, 0.1) is 6.04 Å². The Morgan fingerprint density at radius 3 is 2.36 bits per heavy atom. The minimum Gasteiger partial charge on any atom is -0.352 e. The van der Waals surface area contributed by atoms with Crippen molar-refractivity contribution in [3.8, 4) is 0 Å². The van der Waals surface area contributed by atoms with E-state index in [0.717, 1.165) is 68.7 Å². The van der Waals surface area contributed by atoms with Crippen LogP contribution in [0.3, 0.4) is 0 Å². The number of nitrogens with zero attached hydrogens (tertiary/aromatic N) is 4. The average molecular weight is 520 g/mol. The Balaban J connectivity index is 0.00000280. The largest absolute Gasteiger partial charge is 0.352 e. The highest BCUT2D eigenvalue weighted by atomic mass is 127. The third kappa shape index (κ3) is 5.73. The number of likely N-dealkylation sites (tertiary alicyclic amines) is 1. The Labute approximate surface area is 190 Å². The second kappa shape index (κ2) is 11.2. The first-order chi connectivity index (χ1) is 13.1. The number of hydrogen-bond acceptors (Lipinski definition) is 3. The summed E-state index contributed by atoms with van der Waals surface area (Å²) in [6, 6.07) is 7.81. The van der Waals surface area contributed by atoms with Crippen molar-refractivity contribution in [3.63, 3.8) is 0 Å². The first-order valence-electron chi connectivity index (χ1n) is 9.82. The summed E-state index contributed by atoms with van der Waals surface area (Å²) in [7, 11) is 1.81. The number of piperazine rings is 1. The van der Waals surface area contributed by atoms with Gasteiger partial charge in [-0.2, -0.15) is 0 Å². The van der Waals surface area contributed by atoms with Crippen LogP contribution in [0.15, 0.2) is 29.3 Å². The quantitative estimate of drug-likeness (QED) is 0.378. The van der Waals surface area contributed by atoms with Gasteiger partial charge in [0.1, 0.15) is 0 Å². The van der Waals surface area contributed by atoms with Crippen LogP contribution in [-0.2, 0) is 11.3 Å². The van der Waals surface area contributed by atoms with E-state index in [1.807, 2.05) is 36.1 Å². The summed E-state index contributed by atoms with van der Waals surface area (Å²) in [5.41, 5.74) is 1.06. The molecule has 2 saturated heterocycles. The predicted molar refractivity (Wildman–Crippen MR) is 125 cm³/mol. The molecular weight excluding hydrogens is 489 g/mol. The first kappa shape index (κ1) is 23.2. The number of guanidine groups is 1. The average Bonchev–Trinajstić information content (AvgIpc) is 3.24. The fourth-order valence-corrected chi connectivity index (χ4v) is 4.03. The van der Waals surface area contributed by atoms with Gasteiger partial charge in [0.2, 0.25) is 5.91 Å². The van der Waals surface area contributed by atoms with E-state index in [0.29, 0.717) is 6.54 Å². The molecule has 0 radical (unpaired) electrons. The van der Waals surface area contributed by atoms with Gasteiger partial charge in [-0.1, -0.05) is 29.8 Å². The van der Waals surface area contributed by atoms with Crippen molar-refractivity contribution in [2.75, 3.05) is 46.3 Å². The number of nitrogens with one attached hydrogen (secondary N) is 1. The Kier molecular flexibility index (Phi) is 9.30. The van der Waals surface area contributed by atoms with E-state index in [2.05, 4.69) is 20.1 Å². The lowest BCUT2D eigenvalue weighted by atomic mass is 10.2. The molecule has 2 aliphatic heterocycles. The molecule has 0 saturated carbocycles. The fourth-order valence-electron chi connectivity index (χ4n) is 3.83. The summed E-state index contributed by atoms with van der Waals surface area (Å²) < 4.78 is 0. The van der Waals surface area contributed by atoms with E-state index in [9.17, 15) is 4.79 Å². The maximum Gasteiger partial charge on any atom is 0.239 e. The molecular formula is C20H31ClIN5O. The molecule has 0 aromatic heterocycles. The van der Waals surface area contributed by atoms with E-state index in [-0.39, 0.29) is 35.9 Å². The highest BCUT2D eigenvalue weighted by Crippen LogP contribution is 2.16. The lowest BCUT2D eigenvalue weighted by Gasteiger charge is -2.39. The summed E-state index contributed by atoms with van der Waals surface area (Å²) in [4.78, 5) is 23.6. The van der Waals surface area contributed by atoms with Gasteiger partial charge in [0.15, 0.2) is 5.96 Å². The first-order valence-corrected chi connectivity index (χ1v) is 10.2. The van der Waals surface area contributed by atoms with E-state index in [1.165, 1.54) is 0 Å². The van der Waals surface area contributed by atoms with Crippen LogP contribution in [0.25, 0.3) is 0 Å². The Hall–Kier alpha value is -1.06. The van der Waals surface area contributed by atoms with Crippen molar-refractivity contribution in [1.82, 2.24) is 20.0 Å². The van der Waals surface area contributed by atoms with Crippen LogP contribution in [0.4, 0.5) is 0 Å². The zero-order valence-electron chi connectivity index (χ0n) is 16.7. The standard InChI is InChI=1S/C20H30ClN5O.HI/c1-16(19(27)25-9-5-6-10-25)24-11-13-26(14-12-24)20(22-2)23-15-17-7-3-4-8-18(17)21;/h3-4,7-8,16H,5-6,9-15H2,1-2H3,(H,22,23);1H. The molecule has 1 amide bonds. The lowest BCUT2D eigenvalue weighted by Crippen LogP contribution is -2.57. The topological polar surface area (TPSA) is 51.2 Å². The molecule has 2 heterocycles. The molecule has 0 spiro atoms. The SMILES string of the molecule is CN=C(NCc1ccccc1Cl)N1CCN(C(C)C(=O)N2CCCC2)CC1.I. The number of halogens is 2. The van der Waals surface area contributed by atoms with Crippen LogP contribution >= 0.6 is 35.6 Å². The summed E-state index contributed by atoms with van der Waals surface area (Å²) in [6.45, 7) is 7.99. The number of rotatable bonds is 4. The number of amides is 1. The number of carbonyl (C=O) groups is 1. The van der Waals surface area contributed by atoms with Crippen molar-refractivity contribution in [2.45, 2.75) is 32.4 Å². The minimum atomic E-state index is -0.0386. The molecule has 28 heavy (non-hydrogen) atoms. The maximum absolute atomic E-state index is 12.6. The summed E-state index contributed by atoms with van der Waals surface area (Å²) in [5.74, 6) is 1.16. The summed E-state index contributed by atoms with van der Waals surface area (Å²) >= 11 is 6.24. The number of aliphatic imine (C=N–C) groups is 1. The molecule has 156 valence electrons. The Morgan fingerprint density at radius 1 is 1.11 bits per heavy atom. The van der Waals surface area contributed by atoms with Gasteiger partial charge in [-0.15, -0.1) is 24.0 Å². The smallest absolute Gasteiger partial charge is 0.239 e. The van der Waals surface area contributed by atoms with E-state index < -0.39 is 0 Å². The molecule has 2 fully saturated rings. The molecule has 1 aromatic rings. The molecule has 0 bridgehead atoms. The van der Waals surface area contributed by atoms with Crippen molar-refractivity contribution in [2.24, 2.45) is 4.99 Å². The molecule has 3 rings (SSSR count).